The van der Waals surface area contributed by atoms with E-state index in [2.05, 4.69) is 62.7 Å². The van der Waals surface area contributed by atoms with Crippen LogP contribution in [0.4, 0.5) is 11.4 Å². The van der Waals surface area contributed by atoms with E-state index < -0.39 is 0 Å². The molecule has 1 aromatic heterocycles. The summed E-state index contributed by atoms with van der Waals surface area (Å²) in [5, 5.41) is 13.7. The molecule has 0 unspecified atom stereocenters. The Morgan fingerprint density at radius 3 is 2.38 bits per heavy atom. The molecule has 2 aromatic carbocycles. The van der Waals surface area contributed by atoms with Crippen molar-refractivity contribution in [2.24, 2.45) is 0 Å². The van der Waals surface area contributed by atoms with Crippen LogP contribution >= 0.6 is 11.3 Å². The number of carbonyl (C=O) groups is 2. The van der Waals surface area contributed by atoms with Crippen molar-refractivity contribution in [3.8, 4) is 0 Å². The zero-order valence-corrected chi connectivity index (χ0v) is 20.4. The number of nitrogens with one attached hydrogen (secondary N) is 2. The highest BCUT2D eigenvalue weighted by atomic mass is 32.1. The molecular weight excluding hydrogens is 448 g/mol. The first-order valence-corrected chi connectivity index (χ1v) is 12.3. The normalized spacial score (nSPS) is 14.1. The molecule has 34 heavy (non-hydrogen) atoms. The van der Waals surface area contributed by atoms with Crippen molar-refractivity contribution in [2.75, 3.05) is 49.5 Å². The Labute approximate surface area is 204 Å². The van der Waals surface area contributed by atoms with Gasteiger partial charge in [-0.05, 0) is 56.1 Å². The summed E-state index contributed by atoms with van der Waals surface area (Å²) < 4.78 is 0. The monoisotopic (exact) mass is 478 g/mol. The smallest absolute Gasteiger partial charge is 0.286 e. The average Bonchev–Trinajstić information content (AvgIpc) is 3.35. The predicted octanol–water partition coefficient (Wildman–Crippen LogP) is 3.35. The Kier molecular flexibility index (Phi) is 7.87. The number of amides is 2. The third-order valence-corrected chi connectivity index (χ3v) is 6.78. The molecular formula is C25H30N6O2S. The molecule has 9 heteroatoms. The van der Waals surface area contributed by atoms with Gasteiger partial charge in [0, 0.05) is 44.1 Å². The molecule has 2 heterocycles. The molecule has 1 fully saturated rings. The van der Waals surface area contributed by atoms with Crippen LogP contribution in [0.2, 0.25) is 0 Å². The predicted molar refractivity (Wildman–Crippen MR) is 136 cm³/mol. The van der Waals surface area contributed by atoms with Gasteiger partial charge < -0.3 is 15.5 Å². The Morgan fingerprint density at radius 2 is 1.65 bits per heavy atom. The highest BCUT2D eigenvalue weighted by Gasteiger charge is 2.19. The first-order chi connectivity index (χ1) is 16.5. The van der Waals surface area contributed by atoms with Gasteiger partial charge in [-0.1, -0.05) is 41.7 Å². The summed E-state index contributed by atoms with van der Waals surface area (Å²) in [6.45, 7) is 9.83. The van der Waals surface area contributed by atoms with Crippen molar-refractivity contribution < 1.29 is 9.59 Å². The van der Waals surface area contributed by atoms with Gasteiger partial charge in [-0.15, -0.1) is 10.2 Å². The number of aromatic nitrogens is 2. The van der Waals surface area contributed by atoms with E-state index in [0.717, 1.165) is 50.5 Å². The van der Waals surface area contributed by atoms with E-state index in [1.165, 1.54) is 16.8 Å². The molecule has 3 aromatic rings. The van der Waals surface area contributed by atoms with Crippen LogP contribution in [0.15, 0.2) is 48.5 Å². The largest absolute Gasteiger partial charge is 0.369 e. The zero-order chi connectivity index (χ0) is 23.9. The van der Waals surface area contributed by atoms with E-state index in [4.69, 9.17) is 0 Å². The molecule has 0 spiro atoms. The minimum absolute atomic E-state index is 0.163. The van der Waals surface area contributed by atoms with Crippen molar-refractivity contribution in [1.29, 1.82) is 0 Å². The number of hydrogen-bond acceptors (Lipinski definition) is 7. The molecule has 178 valence electrons. The van der Waals surface area contributed by atoms with E-state index in [1.807, 2.05) is 18.2 Å². The van der Waals surface area contributed by atoms with Crippen LogP contribution in [0.5, 0.6) is 0 Å². The highest BCUT2D eigenvalue weighted by molar-refractivity contribution is 7.15. The van der Waals surface area contributed by atoms with Crippen molar-refractivity contribution in [1.82, 2.24) is 20.4 Å². The van der Waals surface area contributed by atoms with Gasteiger partial charge in [-0.2, -0.15) is 0 Å². The average molecular weight is 479 g/mol. The Morgan fingerprint density at radius 1 is 0.941 bits per heavy atom. The van der Waals surface area contributed by atoms with Crippen molar-refractivity contribution in [3.63, 3.8) is 0 Å². The van der Waals surface area contributed by atoms with Gasteiger partial charge in [0.05, 0.1) is 0 Å². The molecule has 1 aliphatic heterocycles. The molecule has 0 saturated carbocycles. The number of para-hydroxylation sites is 1. The van der Waals surface area contributed by atoms with Crippen LogP contribution in [0.1, 0.15) is 37.2 Å². The fourth-order valence-corrected chi connectivity index (χ4v) is 4.62. The van der Waals surface area contributed by atoms with E-state index in [9.17, 15) is 9.59 Å². The number of piperazine rings is 1. The molecule has 0 aliphatic carbocycles. The minimum Gasteiger partial charge on any atom is -0.369 e. The van der Waals surface area contributed by atoms with E-state index in [-0.39, 0.29) is 21.8 Å². The van der Waals surface area contributed by atoms with Crippen molar-refractivity contribution >= 4 is 34.5 Å². The maximum absolute atomic E-state index is 12.4. The number of rotatable bonds is 8. The van der Waals surface area contributed by atoms with Gasteiger partial charge in [0.25, 0.3) is 11.8 Å². The van der Waals surface area contributed by atoms with Gasteiger partial charge in [-0.3, -0.25) is 14.5 Å². The minimum atomic E-state index is -0.372. The van der Waals surface area contributed by atoms with E-state index >= 15 is 0 Å². The summed E-state index contributed by atoms with van der Waals surface area (Å²) in [6, 6.07) is 15.7. The van der Waals surface area contributed by atoms with Crippen LogP contribution in [-0.2, 0) is 0 Å². The number of carbonyl (C=O) groups excluding carboxylic acids is 2. The van der Waals surface area contributed by atoms with Gasteiger partial charge in [-0.25, -0.2) is 0 Å². The molecule has 1 saturated heterocycles. The molecule has 2 N–H and O–H groups in total. The van der Waals surface area contributed by atoms with Crippen LogP contribution in [0.3, 0.4) is 0 Å². The lowest BCUT2D eigenvalue weighted by Crippen LogP contribution is -2.47. The fraction of sp³-hybridized carbons (Fsp3) is 0.360. The number of benzene rings is 2. The second-order valence-electron chi connectivity index (χ2n) is 8.46. The summed E-state index contributed by atoms with van der Waals surface area (Å²) in [7, 11) is 0. The van der Waals surface area contributed by atoms with E-state index in [0.29, 0.717) is 12.2 Å². The lowest BCUT2D eigenvalue weighted by atomic mass is 10.1. The number of aryl methyl sites for hydroxylation is 2. The highest BCUT2D eigenvalue weighted by Crippen LogP contribution is 2.22. The molecule has 0 bridgehead atoms. The quantitative estimate of drug-likeness (QED) is 0.483. The Hall–Kier alpha value is -3.30. The number of anilines is 2. The molecule has 0 radical (unpaired) electrons. The summed E-state index contributed by atoms with van der Waals surface area (Å²) in [5.74, 6) is -0.668. The first kappa shape index (κ1) is 23.8. The second kappa shape index (κ2) is 11.2. The van der Waals surface area contributed by atoms with Crippen molar-refractivity contribution in [2.45, 2.75) is 20.3 Å². The lowest BCUT2D eigenvalue weighted by molar-refractivity contribution is 0.0949. The van der Waals surface area contributed by atoms with Crippen LogP contribution < -0.4 is 15.5 Å². The first-order valence-electron chi connectivity index (χ1n) is 11.5. The second-order valence-corrected chi connectivity index (χ2v) is 9.44. The molecule has 1 aliphatic rings. The van der Waals surface area contributed by atoms with Gasteiger partial charge in [0.2, 0.25) is 10.0 Å². The van der Waals surface area contributed by atoms with Crippen molar-refractivity contribution in [3.05, 3.63) is 69.7 Å². The summed E-state index contributed by atoms with van der Waals surface area (Å²) in [5.41, 5.74) is 4.61. The zero-order valence-electron chi connectivity index (χ0n) is 19.6. The molecule has 0 atom stereocenters. The molecule has 2 amide bonds. The van der Waals surface area contributed by atoms with Gasteiger partial charge >= 0.3 is 0 Å². The van der Waals surface area contributed by atoms with Gasteiger partial charge in [0.15, 0.2) is 0 Å². The van der Waals surface area contributed by atoms with E-state index in [1.54, 1.807) is 12.1 Å². The maximum Gasteiger partial charge on any atom is 0.286 e. The SMILES string of the molecule is Cc1ccc(C)c(N2CCN(CCCNC(=O)c3nnc(C(=O)Nc4ccccc4)s3)CC2)c1. The summed E-state index contributed by atoms with van der Waals surface area (Å²) in [4.78, 5) is 29.6. The third-order valence-electron chi connectivity index (χ3n) is 5.86. The Bertz CT molecular complexity index is 1130. The standard InChI is InChI=1S/C25H30N6O2S/c1-18-9-10-19(2)21(17-18)31-15-13-30(14-16-31)12-6-11-26-22(32)24-28-29-25(34-24)23(33)27-20-7-4-3-5-8-20/h3-5,7-10,17H,6,11-16H2,1-2H3,(H,26,32)(H,27,33). The maximum atomic E-state index is 12.4. The fourth-order valence-electron chi connectivity index (χ4n) is 3.97. The Balaban J connectivity index is 1.17. The van der Waals surface area contributed by atoms with Crippen LogP contribution in [0.25, 0.3) is 0 Å². The summed E-state index contributed by atoms with van der Waals surface area (Å²) >= 11 is 0.992. The molecule has 8 nitrogen and oxygen atoms in total. The van der Waals surface area contributed by atoms with Crippen LogP contribution in [-0.4, -0.2) is 66.2 Å². The number of hydrogen-bond donors (Lipinski definition) is 2. The third kappa shape index (κ3) is 6.18. The number of nitrogens with zero attached hydrogens (tertiary/aromatic N) is 4. The lowest BCUT2D eigenvalue weighted by Gasteiger charge is -2.37. The topological polar surface area (TPSA) is 90.5 Å². The van der Waals surface area contributed by atoms with Crippen LogP contribution in [0, 0.1) is 13.8 Å². The molecule has 4 rings (SSSR count). The van der Waals surface area contributed by atoms with Gasteiger partial charge in [0.1, 0.15) is 0 Å². The summed E-state index contributed by atoms with van der Waals surface area (Å²) in [6.07, 6.45) is 0.857.